The third-order valence-corrected chi connectivity index (χ3v) is 3.87. The Morgan fingerprint density at radius 2 is 1.64 bits per heavy atom. The molecule has 3 rings (SSSR count). The van der Waals surface area contributed by atoms with Gasteiger partial charge in [-0.25, -0.2) is 0 Å². The van der Waals surface area contributed by atoms with E-state index in [0.717, 1.165) is 22.8 Å². The fourth-order valence-electron chi connectivity index (χ4n) is 2.51. The van der Waals surface area contributed by atoms with Gasteiger partial charge in [-0.2, -0.15) is 5.10 Å². The molecule has 1 amide bonds. The zero-order chi connectivity index (χ0) is 17.8. The molecule has 0 bridgehead atoms. The molecule has 128 valence electrons. The molecule has 0 aliphatic heterocycles. The van der Waals surface area contributed by atoms with Crippen LogP contribution >= 0.6 is 0 Å². The summed E-state index contributed by atoms with van der Waals surface area (Å²) in [5, 5.41) is 7.09. The van der Waals surface area contributed by atoms with E-state index in [1.54, 1.807) is 17.8 Å². The SMILES string of the molecule is Cc1ccc(Oc2ccc(CNC(=O)c3cc(C)nn3C)cc2)cc1. The molecule has 0 radical (unpaired) electrons. The highest BCUT2D eigenvalue weighted by Gasteiger charge is 2.11. The first-order valence-electron chi connectivity index (χ1n) is 8.13. The highest BCUT2D eigenvalue weighted by Crippen LogP contribution is 2.22. The molecule has 0 fully saturated rings. The second-order valence-corrected chi connectivity index (χ2v) is 6.04. The molecule has 0 aliphatic rings. The minimum Gasteiger partial charge on any atom is -0.457 e. The maximum atomic E-state index is 12.2. The Bertz CT molecular complexity index is 865. The third-order valence-electron chi connectivity index (χ3n) is 3.87. The number of hydrogen-bond acceptors (Lipinski definition) is 3. The van der Waals surface area contributed by atoms with Crippen molar-refractivity contribution >= 4 is 5.91 Å². The van der Waals surface area contributed by atoms with Crippen LogP contribution in [0.3, 0.4) is 0 Å². The second-order valence-electron chi connectivity index (χ2n) is 6.04. The number of carbonyl (C=O) groups is 1. The maximum Gasteiger partial charge on any atom is 0.269 e. The molecule has 3 aromatic rings. The summed E-state index contributed by atoms with van der Waals surface area (Å²) in [7, 11) is 1.76. The Labute approximate surface area is 147 Å². The van der Waals surface area contributed by atoms with E-state index in [2.05, 4.69) is 10.4 Å². The topological polar surface area (TPSA) is 56.1 Å². The zero-order valence-corrected chi connectivity index (χ0v) is 14.6. The quantitative estimate of drug-likeness (QED) is 0.772. The normalized spacial score (nSPS) is 10.5. The maximum absolute atomic E-state index is 12.2. The summed E-state index contributed by atoms with van der Waals surface area (Å²) >= 11 is 0. The van der Waals surface area contributed by atoms with Gasteiger partial charge in [-0.15, -0.1) is 0 Å². The number of nitrogens with zero attached hydrogens (tertiary/aromatic N) is 2. The van der Waals surface area contributed by atoms with Crippen molar-refractivity contribution in [3.8, 4) is 11.5 Å². The molecule has 1 heterocycles. The molecule has 0 aliphatic carbocycles. The molecule has 2 aromatic carbocycles. The van der Waals surface area contributed by atoms with Gasteiger partial charge in [0.25, 0.3) is 5.91 Å². The zero-order valence-electron chi connectivity index (χ0n) is 14.6. The van der Waals surface area contributed by atoms with Gasteiger partial charge in [-0.3, -0.25) is 9.48 Å². The molecular weight excluding hydrogens is 314 g/mol. The summed E-state index contributed by atoms with van der Waals surface area (Å²) in [6.45, 7) is 4.36. The van der Waals surface area contributed by atoms with Gasteiger partial charge in [-0.05, 0) is 49.7 Å². The Balaban J connectivity index is 1.58. The Morgan fingerprint density at radius 1 is 1.04 bits per heavy atom. The highest BCUT2D eigenvalue weighted by atomic mass is 16.5. The third kappa shape index (κ3) is 4.26. The minimum absolute atomic E-state index is 0.136. The van der Waals surface area contributed by atoms with Gasteiger partial charge >= 0.3 is 0 Å². The van der Waals surface area contributed by atoms with E-state index >= 15 is 0 Å². The smallest absolute Gasteiger partial charge is 0.269 e. The van der Waals surface area contributed by atoms with Gasteiger partial charge in [0, 0.05) is 13.6 Å². The summed E-state index contributed by atoms with van der Waals surface area (Å²) in [4.78, 5) is 12.2. The number of carbonyl (C=O) groups excluding carboxylic acids is 1. The number of nitrogens with one attached hydrogen (secondary N) is 1. The molecular formula is C20H21N3O2. The van der Waals surface area contributed by atoms with Gasteiger partial charge in [-0.1, -0.05) is 29.8 Å². The van der Waals surface area contributed by atoms with Crippen LogP contribution in [0.2, 0.25) is 0 Å². The van der Waals surface area contributed by atoms with Crippen molar-refractivity contribution in [2.75, 3.05) is 0 Å². The van der Waals surface area contributed by atoms with E-state index in [1.165, 1.54) is 5.56 Å². The molecule has 1 N–H and O–H groups in total. The lowest BCUT2D eigenvalue weighted by Crippen LogP contribution is -2.25. The molecule has 5 nitrogen and oxygen atoms in total. The van der Waals surface area contributed by atoms with E-state index in [1.807, 2.05) is 62.4 Å². The van der Waals surface area contributed by atoms with E-state index in [-0.39, 0.29) is 5.91 Å². The van der Waals surface area contributed by atoms with E-state index in [4.69, 9.17) is 4.74 Å². The van der Waals surface area contributed by atoms with Gasteiger partial charge in [0.2, 0.25) is 0 Å². The minimum atomic E-state index is -0.136. The first kappa shape index (κ1) is 16.8. The summed E-state index contributed by atoms with van der Waals surface area (Å²) < 4.78 is 7.39. The van der Waals surface area contributed by atoms with Crippen LogP contribution in [0.15, 0.2) is 54.6 Å². The van der Waals surface area contributed by atoms with E-state index < -0.39 is 0 Å². The van der Waals surface area contributed by atoms with Gasteiger partial charge < -0.3 is 10.1 Å². The number of hydrogen-bond donors (Lipinski definition) is 1. The monoisotopic (exact) mass is 335 g/mol. The van der Waals surface area contributed by atoms with Crippen LogP contribution < -0.4 is 10.1 Å². The molecule has 0 unspecified atom stereocenters. The van der Waals surface area contributed by atoms with Crippen molar-refractivity contribution in [1.29, 1.82) is 0 Å². The van der Waals surface area contributed by atoms with Crippen LogP contribution in [0, 0.1) is 13.8 Å². The summed E-state index contributed by atoms with van der Waals surface area (Å²) in [5.74, 6) is 1.43. The largest absolute Gasteiger partial charge is 0.457 e. The van der Waals surface area contributed by atoms with Crippen LogP contribution in [-0.2, 0) is 13.6 Å². The van der Waals surface area contributed by atoms with Crippen molar-refractivity contribution in [3.05, 3.63) is 77.1 Å². The van der Waals surface area contributed by atoms with Crippen LogP contribution in [0.4, 0.5) is 0 Å². The van der Waals surface area contributed by atoms with Crippen LogP contribution in [-0.4, -0.2) is 15.7 Å². The molecule has 0 atom stereocenters. The average molecular weight is 335 g/mol. The summed E-state index contributed by atoms with van der Waals surface area (Å²) in [6.07, 6.45) is 0. The molecule has 25 heavy (non-hydrogen) atoms. The van der Waals surface area contributed by atoms with Crippen LogP contribution in [0.5, 0.6) is 11.5 Å². The lowest BCUT2D eigenvalue weighted by molar-refractivity contribution is 0.0941. The van der Waals surface area contributed by atoms with Crippen LogP contribution in [0.25, 0.3) is 0 Å². The first-order valence-corrected chi connectivity index (χ1v) is 8.13. The number of aryl methyl sites for hydroxylation is 3. The van der Waals surface area contributed by atoms with Crippen LogP contribution in [0.1, 0.15) is 27.3 Å². The van der Waals surface area contributed by atoms with Crippen molar-refractivity contribution in [2.24, 2.45) is 7.05 Å². The number of benzene rings is 2. The molecule has 5 heteroatoms. The lowest BCUT2D eigenvalue weighted by atomic mass is 10.2. The van der Waals surface area contributed by atoms with Gasteiger partial charge in [0.05, 0.1) is 5.69 Å². The Hall–Kier alpha value is -3.08. The first-order chi connectivity index (χ1) is 12.0. The fourth-order valence-corrected chi connectivity index (χ4v) is 2.51. The van der Waals surface area contributed by atoms with Crippen molar-refractivity contribution in [1.82, 2.24) is 15.1 Å². The van der Waals surface area contributed by atoms with Gasteiger partial charge in [0.1, 0.15) is 17.2 Å². The molecule has 0 saturated heterocycles. The van der Waals surface area contributed by atoms with Gasteiger partial charge in [0.15, 0.2) is 0 Å². The standard InChI is InChI=1S/C20H21N3O2/c1-14-4-8-17(9-5-14)25-18-10-6-16(7-11-18)13-21-20(24)19-12-15(2)22-23(19)3/h4-12H,13H2,1-3H3,(H,21,24). The lowest BCUT2D eigenvalue weighted by Gasteiger charge is -2.08. The fraction of sp³-hybridized carbons (Fsp3) is 0.200. The summed E-state index contributed by atoms with van der Waals surface area (Å²) in [5.41, 5.74) is 3.58. The number of amides is 1. The summed E-state index contributed by atoms with van der Waals surface area (Å²) in [6, 6.07) is 17.4. The highest BCUT2D eigenvalue weighted by molar-refractivity contribution is 5.92. The van der Waals surface area contributed by atoms with Crippen molar-refractivity contribution in [2.45, 2.75) is 20.4 Å². The number of ether oxygens (including phenoxy) is 1. The molecule has 1 aromatic heterocycles. The predicted molar refractivity (Wildman–Crippen MR) is 96.8 cm³/mol. The van der Waals surface area contributed by atoms with Crippen molar-refractivity contribution in [3.63, 3.8) is 0 Å². The molecule has 0 saturated carbocycles. The number of aromatic nitrogens is 2. The second kappa shape index (κ2) is 7.21. The van der Waals surface area contributed by atoms with E-state index in [0.29, 0.717) is 12.2 Å². The predicted octanol–water partition coefficient (Wildman–Crippen LogP) is 3.76. The van der Waals surface area contributed by atoms with E-state index in [9.17, 15) is 4.79 Å². The average Bonchev–Trinajstić information content (AvgIpc) is 2.94. The van der Waals surface area contributed by atoms with Crippen molar-refractivity contribution < 1.29 is 9.53 Å². The Morgan fingerprint density at radius 3 is 2.20 bits per heavy atom. The molecule has 0 spiro atoms. The Kier molecular flexibility index (Phi) is 4.84. The number of rotatable bonds is 5.